The van der Waals surface area contributed by atoms with Crippen molar-refractivity contribution in [2.24, 2.45) is 11.7 Å². The maximum Gasteiger partial charge on any atom is 0.322 e. The molecular formula is C17H24ClN3O4. The SMILES string of the molecule is CC(C)[C@@H](N)C(=O)NCC(CC(=O)NCC(=O)O)c1ccc(Cl)cc1. The van der Waals surface area contributed by atoms with Crippen LogP contribution in [0, 0.1) is 5.92 Å². The summed E-state index contributed by atoms with van der Waals surface area (Å²) in [6, 6.07) is 6.30. The van der Waals surface area contributed by atoms with E-state index in [1.807, 2.05) is 13.8 Å². The zero-order valence-electron chi connectivity index (χ0n) is 14.3. The third kappa shape index (κ3) is 7.53. The van der Waals surface area contributed by atoms with Gasteiger partial charge >= 0.3 is 5.97 Å². The molecule has 8 heteroatoms. The molecule has 138 valence electrons. The number of rotatable bonds is 9. The summed E-state index contributed by atoms with van der Waals surface area (Å²) in [7, 11) is 0. The van der Waals surface area contributed by atoms with Gasteiger partial charge in [0.25, 0.3) is 0 Å². The van der Waals surface area contributed by atoms with Crippen LogP contribution in [0.25, 0.3) is 0 Å². The summed E-state index contributed by atoms with van der Waals surface area (Å²) in [5, 5.41) is 14.3. The van der Waals surface area contributed by atoms with Gasteiger partial charge in [-0.2, -0.15) is 0 Å². The molecule has 0 saturated carbocycles. The molecule has 0 aliphatic rings. The summed E-state index contributed by atoms with van der Waals surface area (Å²) < 4.78 is 0. The van der Waals surface area contributed by atoms with Gasteiger partial charge < -0.3 is 21.5 Å². The normalized spacial score (nSPS) is 13.2. The number of carbonyl (C=O) groups is 3. The molecule has 0 aliphatic carbocycles. The molecule has 25 heavy (non-hydrogen) atoms. The van der Waals surface area contributed by atoms with E-state index in [0.717, 1.165) is 5.56 Å². The number of carboxylic acids is 1. The predicted molar refractivity (Wildman–Crippen MR) is 95.3 cm³/mol. The molecule has 1 aromatic rings. The molecular weight excluding hydrogens is 346 g/mol. The first-order chi connectivity index (χ1) is 11.7. The van der Waals surface area contributed by atoms with Gasteiger partial charge in [-0.3, -0.25) is 14.4 Å². The first-order valence-electron chi connectivity index (χ1n) is 7.98. The Kier molecular flexibility index (Phi) is 8.37. The largest absolute Gasteiger partial charge is 0.480 e. The van der Waals surface area contributed by atoms with Gasteiger partial charge in [-0.15, -0.1) is 0 Å². The minimum atomic E-state index is -1.12. The Hall–Kier alpha value is -2.12. The third-order valence-electron chi connectivity index (χ3n) is 3.75. The van der Waals surface area contributed by atoms with E-state index in [9.17, 15) is 14.4 Å². The number of amides is 2. The zero-order valence-corrected chi connectivity index (χ0v) is 15.0. The van der Waals surface area contributed by atoms with Crippen molar-refractivity contribution in [2.75, 3.05) is 13.1 Å². The fourth-order valence-corrected chi connectivity index (χ4v) is 2.28. The predicted octanol–water partition coefficient (Wildman–Crippen LogP) is 1.11. The molecule has 2 amide bonds. The Balaban J connectivity index is 2.77. The van der Waals surface area contributed by atoms with Crippen molar-refractivity contribution in [1.29, 1.82) is 0 Å². The Bertz CT molecular complexity index is 604. The number of nitrogens with two attached hydrogens (primary N) is 1. The lowest BCUT2D eigenvalue weighted by molar-refractivity contribution is -0.138. The van der Waals surface area contributed by atoms with Crippen LogP contribution in [0.5, 0.6) is 0 Å². The smallest absolute Gasteiger partial charge is 0.322 e. The summed E-state index contributed by atoms with van der Waals surface area (Å²) in [6.07, 6.45) is 0.0338. The van der Waals surface area contributed by atoms with E-state index in [-0.39, 0.29) is 30.7 Å². The first kappa shape index (κ1) is 20.9. The molecule has 2 atom stereocenters. The summed E-state index contributed by atoms with van der Waals surface area (Å²) in [5.41, 5.74) is 6.63. The van der Waals surface area contributed by atoms with Crippen LogP contribution in [0.15, 0.2) is 24.3 Å². The van der Waals surface area contributed by atoms with E-state index < -0.39 is 24.5 Å². The second-order valence-corrected chi connectivity index (χ2v) is 6.57. The van der Waals surface area contributed by atoms with E-state index in [2.05, 4.69) is 10.6 Å². The quantitative estimate of drug-likeness (QED) is 0.519. The molecule has 0 fully saturated rings. The molecule has 7 nitrogen and oxygen atoms in total. The van der Waals surface area contributed by atoms with E-state index in [0.29, 0.717) is 5.02 Å². The van der Waals surface area contributed by atoms with Crippen molar-refractivity contribution >= 4 is 29.4 Å². The van der Waals surface area contributed by atoms with Crippen molar-refractivity contribution < 1.29 is 19.5 Å². The molecule has 1 unspecified atom stereocenters. The highest BCUT2D eigenvalue weighted by atomic mass is 35.5. The van der Waals surface area contributed by atoms with Crippen LogP contribution in [-0.2, 0) is 14.4 Å². The number of nitrogens with one attached hydrogen (secondary N) is 2. The molecule has 0 saturated heterocycles. The summed E-state index contributed by atoms with van der Waals surface area (Å²) >= 11 is 5.88. The van der Waals surface area contributed by atoms with Gasteiger partial charge in [0.1, 0.15) is 6.54 Å². The minimum absolute atomic E-state index is 0.00662. The molecule has 0 spiro atoms. The lowest BCUT2D eigenvalue weighted by atomic mass is 9.94. The van der Waals surface area contributed by atoms with Gasteiger partial charge in [0.2, 0.25) is 11.8 Å². The van der Waals surface area contributed by atoms with Crippen LogP contribution in [0.3, 0.4) is 0 Å². The summed E-state index contributed by atoms with van der Waals surface area (Å²) in [6.45, 7) is 3.46. The average Bonchev–Trinajstić information content (AvgIpc) is 2.56. The summed E-state index contributed by atoms with van der Waals surface area (Å²) in [4.78, 5) is 34.5. The highest BCUT2D eigenvalue weighted by Gasteiger charge is 2.21. The maximum absolute atomic E-state index is 12.0. The Labute approximate surface area is 151 Å². The van der Waals surface area contributed by atoms with Crippen LogP contribution >= 0.6 is 11.6 Å². The van der Waals surface area contributed by atoms with Gasteiger partial charge in [0.05, 0.1) is 6.04 Å². The molecule has 1 aromatic carbocycles. The van der Waals surface area contributed by atoms with Crippen molar-refractivity contribution in [2.45, 2.75) is 32.2 Å². The molecule has 5 N–H and O–H groups in total. The molecule has 0 bridgehead atoms. The number of hydrogen-bond donors (Lipinski definition) is 4. The van der Waals surface area contributed by atoms with E-state index in [1.165, 1.54) is 0 Å². The fourth-order valence-electron chi connectivity index (χ4n) is 2.16. The second kappa shape index (κ2) is 10.0. The van der Waals surface area contributed by atoms with Crippen molar-refractivity contribution in [1.82, 2.24) is 10.6 Å². The number of benzene rings is 1. The van der Waals surface area contributed by atoms with Gasteiger partial charge in [-0.05, 0) is 23.6 Å². The highest BCUT2D eigenvalue weighted by Crippen LogP contribution is 2.21. The minimum Gasteiger partial charge on any atom is -0.480 e. The van der Waals surface area contributed by atoms with Crippen LogP contribution in [-0.4, -0.2) is 42.0 Å². The van der Waals surface area contributed by atoms with Gasteiger partial charge in [-0.25, -0.2) is 0 Å². The average molecular weight is 370 g/mol. The van der Waals surface area contributed by atoms with Crippen LogP contribution in [0.2, 0.25) is 5.02 Å². The number of carbonyl (C=O) groups excluding carboxylic acids is 2. The van der Waals surface area contributed by atoms with Crippen molar-refractivity contribution in [3.8, 4) is 0 Å². The van der Waals surface area contributed by atoms with Crippen molar-refractivity contribution in [3.63, 3.8) is 0 Å². The molecule has 1 rings (SSSR count). The number of carboxylic acid groups (broad SMARTS) is 1. The van der Waals surface area contributed by atoms with E-state index in [4.69, 9.17) is 22.4 Å². The van der Waals surface area contributed by atoms with Gasteiger partial charge in [0, 0.05) is 23.9 Å². The standard InChI is InChI=1S/C17H24ClN3O4/c1-10(2)16(19)17(25)21-8-12(7-14(22)20-9-15(23)24)11-3-5-13(18)6-4-11/h3-6,10,12,16H,7-9,19H2,1-2H3,(H,20,22)(H,21,25)(H,23,24)/t12?,16-/m1/s1. The lowest BCUT2D eigenvalue weighted by Gasteiger charge is -2.20. The number of aliphatic carboxylic acids is 1. The maximum atomic E-state index is 12.0. The third-order valence-corrected chi connectivity index (χ3v) is 4.01. The molecule has 0 radical (unpaired) electrons. The number of halogens is 1. The van der Waals surface area contributed by atoms with Gasteiger partial charge in [-0.1, -0.05) is 37.6 Å². The highest BCUT2D eigenvalue weighted by molar-refractivity contribution is 6.30. The van der Waals surface area contributed by atoms with Crippen LogP contribution < -0.4 is 16.4 Å². The fraction of sp³-hybridized carbons (Fsp3) is 0.471. The monoisotopic (exact) mass is 369 g/mol. The van der Waals surface area contributed by atoms with Gasteiger partial charge in [0.15, 0.2) is 0 Å². The first-order valence-corrected chi connectivity index (χ1v) is 8.35. The molecule has 0 aromatic heterocycles. The van der Waals surface area contributed by atoms with Crippen molar-refractivity contribution in [3.05, 3.63) is 34.9 Å². The second-order valence-electron chi connectivity index (χ2n) is 6.14. The van der Waals surface area contributed by atoms with E-state index in [1.54, 1.807) is 24.3 Å². The summed E-state index contributed by atoms with van der Waals surface area (Å²) in [5.74, 6) is -2.15. The topological polar surface area (TPSA) is 122 Å². The Morgan fingerprint density at radius 1 is 1.16 bits per heavy atom. The van der Waals surface area contributed by atoms with E-state index >= 15 is 0 Å². The number of hydrogen-bond acceptors (Lipinski definition) is 4. The zero-order chi connectivity index (χ0) is 19.0. The lowest BCUT2D eigenvalue weighted by Crippen LogP contribution is -2.45. The van der Waals surface area contributed by atoms with Crippen LogP contribution in [0.1, 0.15) is 31.7 Å². The Morgan fingerprint density at radius 2 is 1.76 bits per heavy atom. The Morgan fingerprint density at radius 3 is 2.28 bits per heavy atom. The molecule has 0 heterocycles. The molecule has 0 aliphatic heterocycles. The van der Waals surface area contributed by atoms with Crippen LogP contribution in [0.4, 0.5) is 0 Å².